The number of carbonyl (C=O) groups excluding carboxylic acids is 2. The first-order valence-electron chi connectivity index (χ1n) is 10.7. The first-order chi connectivity index (χ1) is 16.0. The Morgan fingerprint density at radius 1 is 0.939 bits per heavy atom. The molecule has 1 N–H and O–H groups in total. The van der Waals surface area contributed by atoms with Crippen molar-refractivity contribution in [1.29, 1.82) is 5.26 Å². The smallest absolute Gasteiger partial charge is 0.255 e. The Morgan fingerprint density at radius 3 is 2.27 bits per heavy atom. The van der Waals surface area contributed by atoms with Crippen molar-refractivity contribution in [2.45, 2.75) is 28.7 Å². The summed E-state index contributed by atoms with van der Waals surface area (Å²) in [7, 11) is 0. The van der Waals surface area contributed by atoms with Crippen molar-refractivity contribution in [2.24, 2.45) is 0 Å². The predicted octanol–water partition coefficient (Wildman–Crippen LogP) is 4.88. The number of nitriles is 1. The minimum Gasteiger partial charge on any atom is -0.349 e. The number of carbonyl (C=O) groups is 2. The molecule has 0 aromatic heterocycles. The second-order valence-corrected chi connectivity index (χ2v) is 8.84. The van der Waals surface area contributed by atoms with Gasteiger partial charge >= 0.3 is 0 Å². The second-order valence-electron chi connectivity index (χ2n) is 7.75. The van der Waals surface area contributed by atoms with Crippen LogP contribution in [-0.4, -0.2) is 35.8 Å². The Hall–Kier alpha value is -3.63. The summed E-state index contributed by atoms with van der Waals surface area (Å²) in [6.07, 6.45) is 1.29. The van der Waals surface area contributed by atoms with Crippen LogP contribution in [0, 0.1) is 17.1 Å². The maximum Gasteiger partial charge on any atom is 0.255 e. The van der Waals surface area contributed by atoms with E-state index in [0.717, 1.165) is 9.79 Å². The largest absolute Gasteiger partial charge is 0.349 e. The van der Waals surface area contributed by atoms with Crippen LogP contribution in [-0.2, 0) is 0 Å². The molecule has 0 bridgehead atoms. The van der Waals surface area contributed by atoms with Gasteiger partial charge in [0, 0.05) is 34.5 Å². The van der Waals surface area contributed by atoms with Gasteiger partial charge in [0.15, 0.2) is 0 Å². The number of benzene rings is 3. The summed E-state index contributed by atoms with van der Waals surface area (Å²) in [5, 5.41) is 12.3. The molecule has 1 aliphatic heterocycles. The molecular weight excluding hydrogens is 437 g/mol. The van der Waals surface area contributed by atoms with Gasteiger partial charge in [-0.25, -0.2) is 4.39 Å². The zero-order valence-corrected chi connectivity index (χ0v) is 18.6. The Morgan fingerprint density at radius 2 is 1.58 bits per heavy atom. The molecule has 3 aromatic carbocycles. The normalized spacial score (nSPS) is 13.9. The van der Waals surface area contributed by atoms with E-state index in [1.807, 2.05) is 42.5 Å². The minimum atomic E-state index is -0.382. The Kier molecular flexibility index (Phi) is 7.06. The quantitative estimate of drug-likeness (QED) is 0.590. The van der Waals surface area contributed by atoms with E-state index in [1.54, 1.807) is 11.0 Å². The van der Waals surface area contributed by atoms with E-state index < -0.39 is 0 Å². The van der Waals surface area contributed by atoms with Crippen molar-refractivity contribution in [3.63, 3.8) is 0 Å². The SMILES string of the molecule is N#Cc1ccccc1Sc1ccccc1C(=O)N1CCC(NC(=O)c2ccc(F)cc2)CC1. The van der Waals surface area contributed by atoms with E-state index in [-0.39, 0.29) is 23.7 Å². The van der Waals surface area contributed by atoms with Crippen LogP contribution >= 0.6 is 11.8 Å². The molecule has 166 valence electrons. The molecule has 0 radical (unpaired) electrons. The number of halogens is 1. The molecule has 0 saturated carbocycles. The molecule has 0 unspecified atom stereocenters. The van der Waals surface area contributed by atoms with Gasteiger partial charge < -0.3 is 10.2 Å². The van der Waals surface area contributed by atoms with Gasteiger partial charge in [0.25, 0.3) is 11.8 Å². The van der Waals surface area contributed by atoms with E-state index in [9.17, 15) is 19.2 Å². The van der Waals surface area contributed by atoms with E-state index in [2.05, 4.69) is 11.4 Å². The van der Waals surface area contributed by atoms with E-state index in [0.29, 0.717) is 42.6 Å². The summed E-state index contributed by atoms with van der Waals surface area (Å²) in [6.45, 7) is 1.06. The van der Waals surface area contributed by atoms with Crippen molar-refractivity contribution in [3.05, 3.63) is 95.3 Å². The van der Waals surface area contributed by atoms with Crippen LogP contribution in [0.3, 0.4) is 0 Å². The van der Waals surface area contributed by atoms with Crippen molar-refractivity contribution < 1.29 is 14.0 Å². The number of hydrogen-bond acceptors (Lipinski definition) is 4. The number of likely N-dealkylation sites (tertiary alicyclic amines) is 1. The molecule has 1 aliphatic rings. The van der Waals surface area contributed by atoms with Gasteiger partial charge in [-0.05, 0) is 61.4 Å². The Balaban J connectivity index is 1.39. The van der Waals surface area contributed by atoms with Crippen LogP contribution in [0.2, 0.25) is 0 Å². The van der Waals surface area contributed by atoms with Crippen molar-refractivity contribution in [2.75, 3.05) is 13.1 Å². The lowest BCUT2D eigenvalue weighted by Gasteiger charge is -2.32. The van der Waals surface area contributed by atoms with Crippen molar-refractivity contribution in [3.8, 4) is 6.07 Å². The van der Waals surface area contributed by atoms with E-state index >= 15 is 0 Å². The standard InChI is InChI=1S/C26H22FN3O2S/c27-20-11-9-18(10-12-20)25(31)29-21-13-15-30(16-14-21)26(32)22-6-2-4-8-24(22)33-23-7-3-1-5-19(23)17-28/h1-12,21H,13-16H2,(H,29,31). The van der Waals surface area contributed by atoms with Gasteiger partial charge in [-0.2, -0.15) is 5.26 Å². The third-order valence-corrected chi connectivity index (χ3v) is 6.72. The Labute approximate surface area is 196 Å². The predicted molar refractivity (Wildman–Crippen MR) is 125 cm³/mol. The van der Waals surface area contributed by atoms with Crippen LogP contribution < -0.4 is 5.32 Å². The van der Waals surface area contributed by atoms with Crippen molar-refractivity contribution in [1.82, 2.24) is 10.2 Å². The maximum atomic E-state index is 13.3. The van der Waals surface area contributed by atoms with Crippen LogP contribution in [0.5, 0.6) is 0 Å². The first kappa shape index (κ1) is 22.6. The third-order valence-electron chi connectivity index (χ3n) is 5.57. The fourth-order valence-corrected chi connectivity index (χ4v) is 4.79. The summed E-state index contributed by atoms with van der Waals surface area (Å²) >= 11 is 1.41. The van der Waals surface area contributed by atoms with Gasteiger partial charge in [0.1, 0.15) is 11.9 Å². The summed E-state index contributed by atoms with van der Waals surface area (Å²) in [4.78, 5) is 29.1. The summed E-state index contributed by atoms with van der Waals surface area (Å²) < 4.78 is 13.1. The van der Waals surface area contributed by atoms with E-state index in [4.69, 9.17) is 0 Å². The van der Waals surface area contributed by atoms with Crippen LogP contribution in [0.25, 0.3) is 0 Å². The fourth-order valence-electron chi connectivity index (χ4n) is 3.77. The van der Waals surface area contributed by atoms with Gasteiger partial charge in [0.05, 0.1) is 11.1 Å². The van der Waals surface area contributed by atoms with Gasteiger partial charge in [-0.15, -0.1) is 0 Å². The molecule has 1 fully saturated rings. The number of hydrogen-bond donors (Lipinski definition) is 1. The number of amides is 2. The Bertz CT molecular complexity index is 1200. The minimum absolute atomic E-state index is 0.0428. The van der Waals surface area contributed by atoms with Crippen LogP contribution in [0.1, 0.15) is 39.1 Å². The lowest BCUT2D eigenvalue weighted by Crippen LogP contribution is -2.46. The maximum absolute atomic E-state index is 13.3. The molecule has 5 nitrogen and oxygen atoms in total. The number of nitrogens with zero attached hydrogens (tertiary/aromatic N) is 2. The summed E-state index contributed by atoms with van der Waals surface area (Å²) in [5.74, 6) is -0.679. The first-order valence-corrected chi connectivity index (χ1v) is 11.5. The molecule has 0 atom stereocenters. The van der Waals surface area contributed by atoms with Crippen LogP contribution in [0.4, 0.5) is 4.39 Å². The molecule has 1 heterocycles. The lowest BCUT2D eigenvalue weighted by molar-refractivity contribution is 0.0694. The number of piperidine rings is 1. The molecule has 2 amide bonds. The molecule has 4 rings (SSSR count). The molecule has 33 heavy (non-hydrogen) atoms. The van der Waals surface area contributed by atoms with Crippen LogP contribution in [0.15, 0.2) is 82.6 Å². The molecule has 7 heteroatoms. The fraction of sp³-hybridized carbons (Fsp3) is 0.192. The monoisotopic (exact) mass is 459 g/mol. The molecule has 0 spiro atoms. The topological polar surface area (TPSA) is 73.2 Å². The van der Waals surface area contributed by atoms with Gasteiger partial charge in [-0.3, -0.25) is 9.59 Å². The summed E-state index contributed by atoms with van der Waals surface area (Å²) in [5.41, 5.74) is 1.59. The molecular formula is C26H22FN3O2S. The average Bonchev–Trinajstić information content (AvgIpc) is 2.85. The molecule has 3 aromatic rings. The highest BCUT2D eigenvalue weighted by atomic mass is 32.2. The lowest BCUT2D eigenvalue weighted by atomic mass is 10.0. The average molecular weight is 460 g/mol. The van der Waals surface area contributed by atoms with E-state index in [1.165, 1.54) is 36.0 Å². The zero-order valence-electron chi connectivity index (χ0n) is 17.8. The van der Waals surface area contributed by atoms with Gasteiger partial charge in [0.2, 0.25) is 0 Å². The highest BCUT2D eigenvalue weighted by Gasteiger charge is 2.26. The third kappa shape index (κ3) is 5.41. The summed E-state index contributed by atoms with van der Waals surface area (Å²) in [6, 6.07) is 22.3. The molecule has 1 saturated heterocycles. The van der Waals surface area contributed by atoms with Crippen molar-refractivity contribution >= 4 is 23.6 Å². The van der Waals surface area contributed by atoms with Gasteiger partial charge in [-0.1, -0.05) is 36.0 Å². The second kappa shape index (κ2) is 10.3. The zero-order chi connectivity index (χ0) is 23.2. The number of nitrogens with one attached hydrogen (secondary N) is 1. The highest BCUT2D eigenvalue weighted by Crippen LogP contribution is 2.33. The highest BCUT2D eigenvalue weighted by molar-refractivity contribution is 7.99. The number of rotatable bonds is 5. The molecule has 0 aliphatic carbocycles.